The summed E-state index contributed by atoms with van der Waals surface area (Å²) in [6.45, 7) is 16.4. The Labute approximate surface area is 177 Å². The zero-order valence-electron chi connectivity index (χ0n) is 19.4. The highest BCUT2D eigenvalue weighted by Crippen LogP contribution is 2.22. The Morgan fingerprint density at radius 2 is 1.41 bits per heavy atom. The van der Waals surface area contributed by atoms with Crippen LogP contribution in [0, 0.1) is 11.8 Å². The molecule has 1 amide bonds. The van der Waals surface area contributed by atoms with Gasteiger partial charge in [0.15, 0.2) is 0 Å². The first-order valence-corrected chi connectivity index (χ1v) is 11.6. The molecule has 29 heavy (non-hydrogen) atoms. The number of nitrogens with zero attached hydrogens (tertiary/aromatic N) is 2. The Kier molecular flexibility index (Phi) is 9.57. The van der Waals surface area contributed by atoms with Crippen molar-refractivity contribution in [2.45, 2.75) is 91.5 Å². The van der Waals surface area contributed by atoms with Gasteiger partial charge in [-0.1, -0.05) is 41.5 Å². The third-order valence-corrected chi connectivity index (χ3v) is 6.14. The van der Waals surface area contributed by atoms with Gasteiger partial charge in [-0.3, -0.25) is 14.5 Å². The molecule has 1 atom stereocenters. The number of ketones is 1. The minimum absolute atomic E-state index is 0.106. The molecule has 2 heterocycles. The maximum Gasteiger partial charge on any atom is 0.239 e. The number of rotatable bonds is 9. The van der Waals surface area contributed by atoms with Gasteiger partial charge in [-0.15, -0.1) is 0 Å². The van der Waals surface area contributed by atoms with Crippen molar-refractivity contribution >= 4 is 11.7 Å². The van der Waals surface area contributed by atoms with E-state index in [2.05, 4.69) is 37.9 Å². The van der Waals surface area contributed by atoms with Gasteiger partial charge >= 0.3 is 0 Å². The van der Waals surface area contributed by atoms with E-state index >= 15 is 0 Å². The third-order valence-electron chi connectivity index (χ3n) is 6.14. The molecule has 6 heteroatoms. The van der Waals surface area contributed by atoms with Crippen molar-refractivity contribution in [2.24, 2.45) is 11.8 Å². The molecule has 168 valence electrons. The summed E-state index contributed by atoms with van der Waals surface area (Å²) in [4.78, 5) is 29.1. The lowest BCUT2D eigenvalue weighted by atomic mass is 9.99. The normalized spacial score (nSPS) is 21.3. The lowest BCUT2D eigenvalue weighted by Crippen LogP contribution is -2.53. The molecule has 2 aliphatic heterocycles. The largest absolute Gasteiger partial charge is 0.375 e. The Hall–Kier alpha value is -0.980. The first-order valence-electron chi connectivity index (χ1n) is 11.6. The average molecular weight is 410 g/mol. The van der Waals surface area contributed by atoms with Crippen molar-refractivity contribution < 1.29 is 14.3 Å². The molecule has 2 rings (SSSR count). The number of Topliss-reactive ketones (excluding diaryl/α,β-unsaturated/α-hetero) is 1. The summed E-state index contributed by atoms with van der Waals surface area (Å²) in [5.41, 5.74) is 0. The maximum absolute atomic E-state index is 12.9. The van der Waals surface area contributed by atoms with Gasteiger partial charge in [-0.25, -0.2) is 0 Å². The van der Waals surface area contributed by atoms with Crippen LogP contribution >= 0.6 is 0 Å². The van der Waals surface area contributed by atoms with Gasteiger partial charge in [0.25, 0.3) is 0 Å². The minimum atomic E-state index is -0.106. The smallest absolute Gasteiger partial charge is 0.239 e. The van der Waals surface area contributed by atoms with E-state index in [0.717, 1.165) is 51.9 Å². The van der Waals surface area contributed by atoms with Crippen LogP contribution in [0.5, 0.6) is 0 Å². The summed E-state index contributed by atoms with van der Waals surface area (Å²) in [6.07, 6.45) is 4.38. The standard InChI is InChI=1S/C23H43N3O3/c1-16(2)21(27)15-25-11-7-19(8-12-25)29-20-9-13-26(14-10-20)23(28)22(17(3)4)24-18(5)6/h16-20,22,24H,7-15H2,1-6H3. The van der Waals surface area contributed by atoms with Crippen molar-refractivity contribution in [3.8, 4) is 0 Å². The van der Waals surface area contributed by atoms with Gasteiger partial charge < -0.3 is 15.0 Å². The van der Waals surface area contributed by atoms with Crippen LogP contribution < -0.4 is 5.32 Å². The summed E-state index contributed by atoms with van der Waals surface area (Å²) in [5, 5.41) is 3.43. The molecule has 0 spiro atoms. The summed E-state index contributed by atoms with van der Waals surface area (Å²) >= 11 is 0. The summed E-state index contributed by atoms with van der Waals surface area (Å²) < 4.78 is 6.37. The number of carbonyl (C=O) groups is 2. The van der Waals surface area contributed by atoms with Crippen LogP contribution in [0.2, 0.25) is 0 Å². The topological polar surface area (TPSA) is 61.9 Å². The molecule has 2 fully saturated rings. The monoisotopic (exact) mass is 409 g/mol. The van der Waals surface area contributed by atoms with E-state index in [1.165, 1.54) is 0 Å². The predicted molar refractivity (Wildman–Crippen MR) is 117 cm³/mol. The van der Waals surface area contributed by atoms with E-state index in [4.69, 9.17) is 4.74 Å². The Bertz CT molecular complexity index is 519. The van der Waals surface area contributed by atoms with Crippen LogP contribution in [0.15, 0.2) is 0 Å². The highest BCUT2D eigenvalue weighted by Gasteiger charge is 2.32. The number of hydrogen-bond acceptors (Lipinski definition) is 5. The zero-order chi connectivity index (χ0) is 21.6. The second kappa shape index (κ2) is 11.4. The number of ether oxygens (including phenoxy) is 1. The molecule has 0 aromatic carbocycles. The Balaban J connectivity index is 1.72. The van der Waals surface area contributed by atoms with Gasteiger partial charge in [-0.05, 0) is 31.6 Å². The fourth-order valence-corrected chi connectivity index (χ4v) is 4.20. The fraction of sp³-hybridized carbons (Fsp3) is 0.913. The molecular formula is C23H43N3O3. The summed E-state index contributed by atoms with van der Waals surface area (Å²) in [5.74, 6) is 0.956. The highest BCUT2D eigenvalue weighted by molar-refractivity contribution is 5.82. The first kappa shape index (κ1) is 24.3. The van der Waals surface area contributed by atoms with Crippen LogP contribution in [0.4, 0.5) is 0 Å². The van der Waals surface area contributed by atoms with E-state index in [1.807, 2.05) is 18.7 Å². The van der Waals surface area contributed by atoms with Crippen LogP contribution in [0.25, 0.3) is 0 Å². The second-order valence-corrected chi connectivity index (χ2v) is 9.80. The lowest BCUT2D eigenvalue weighted by Gasteiger charge is -2.38. The van der Waals surface area contributed by atoms with E-state index in [-0.39, 0.29) is 29.9 Å². The van der Waals surface area contributed by atoms with E-state index in [9.17, 15) is 9.59 Å². The van der Waals surface area contributed by atoms with Crippen molar-refractivity contribution in [3.05, 3.63) is 0 Å². The molecule has 6 nitrogen and oxygen atoms in total. The van der Waals surface area contributed by atoms with Crippen LogP contribution in [-0.2, 0) is 14.3 Å². The highest BCUT2D eigenvalue weighted by atomic mass is 16.5. The third kappa shape index (κ3) is 7.65. The van der Waals surface area contributed by atoms with Gasteiger partial charge in [-0.2, -0.15) is 0 Å². The predicted octanol–water partition coefficient (Wildman–Crippen LogP) is 2.71. The van der Waals surface area contributed by atoms with Gasteiger partial charge in [0, 0.05) is 38.1 Å². The molecule has 2 aliphatic rings. The Morgan fingerprint density at radius 3 is 1.86 bits per heavy atom. The fourth-order valence-electron chi connectivity index (χ4n) is 4.20. The van der Waals surface area contributed by atoms with Crippen LogP contribution in [0.1, 0.15) is 67.2 Å². The average Bonchev–Trinajstić information content (AvgIpc) is 2.67. The lowest BCUT2D eigenvalue weighted by molar-refractivity contribution is -0.139. The molecule has 0 aliphatic carbocycles. The number of carbonyl (C=O) groups excluding carboxylic acids is 2. The number of hydrogen-bond donors (Lipinski definition) is 1. The number of nitrogens with one attached hydrogen (secondary N) is 1. The SMILES string of the molecule is CC(C)NC(C(=O)N1CCC(OC2CCN(CC(=O)C(C)C)CC2)CC1)C(C)C. The molecule has 0 radical (unpaired) electrons. The van der Waals surface area contributed by atoms with E-state index < -0.39 is 0 Å². The number of likely N-dealkylation sites (tertiary alicyclic amines) is 2. The number of piperidine rings is 2. The molecular weight excluding hydrogens is 366 g/mol. The molecule has 0 aromatic rings. The molecule has 2 saturated heterocycles. The van der Waals surface area contributed by atoms with Crippen LogP contribution in [-0.4, -0.2) is 78.5 Å². The number of amides is 1. The molecule has 1 N–H and O–H groups in total. The maximum atomic E-state index is 12.9. The van der Waals surface area contributed by atoms with Gasteiger partial charge in [0.2, 0.25) is 5.91 Å². The first-order chi connectivity index (χ1) is 13.7. The van der Waals surface area contributed by atoms with E-state index in [0.29, 0.717) is 24.5 Å². The molecule has 0 aromatic heterocycles. The zero-order valence-corrected chi connectivity index (χ0v) is 19.4. The van der Waals surface area contributed by atoms with Gasteiger partial charge in [0.1, 0.15) is 5.78 Å². The molecule has 0 saturated carbocycles. The van der Waals surface area contributed by atoms with Crippen molar-refractivity contribution in [1.29, 1.82) is 0 Å². The summed E-state index contributed by atoms with van der Waals surface area (Å²) in [7, 11) is 0. The second-order valence-electron chi connectivity index (χ2n) is 9.80. The summed E-state index contributed by atoms with van der Waals surface area (Å²) in [6, 6.07) is 0.194. The van der Waals surface area contributed by atoms with Crippen molar-refractivity contribution in [1.82, 2.24) is 15.1 Å². The van der Waals surface area contributed by atoms with Crippen molar-refractivity contribution in [3.63, 3.8) is 0 Å². The molecule has 1 unspecified atom stereocenters. The van der Waals surface area contributed by atoms with Gasteiger partial charge in [0.05, 0.1) is 24.8 Å². The molecule has 0 bridgehead atoms. The van der Waals surface area contributed by atoms with Crippen LogP contribution in [0.3, 0.4) is 0 Å². The minimum Gasteiger partial charge on any atom is -0.375 e. The Morgan fingerprint density at radius 1 is 0.897 bits per heavy atom. The van der Waals surface area contributed by atoms with E-state index in [1.54, 1.807) is 0 Å². The van der Waals surface area contributed by atoms with Crippen molar-refractivity contribution in [2.75, 3.05) is 32.7 Å². The quantitative estimate of drug-likeness (QED) is 0.634.